The Morgan fingerprint density at radius 1 is 0.465 bits per heavy atom. The van der Waals surface area contributed by atoms with Crippen LogP contribution in [0.3, 0.4) is 0 Å². The van der Waals surface area contributed by atoms with Crippen LogP contribution in [0.2, 0.25) is 0 Å². The molecule has 0 aliphatic carbocycles. The maximum atomic E-state index is 13.4. The normalized spacial score (nSPS) is 10.4. The highest BCUT2D eigenvalue weighted by atomic mass is 16.2. The van der Waals surface area contributed by atoms with Gasteiger partial charge in [0.15, 0.2) is 0 Å². The number of carbonyl (C=O) groups is 4. The number of para-hydroxylation sites is 4. The Kier molecular flexibility index (Phi) is 11.2. The van der Waals surface area contributed by atoms with Crippen LogP contribution in [0.15, 0.2) is 103 Å². The van der Waals surface area contributed by atoms with Crippen molar-refractivity contribution >= 4 is 46.4 Å². The Hall–Kier alpha value is -5.24. The Morgan fingerprint density at radius 2 is 0.884 bits per heavy atom. The zero-order valence-corrected chi connectivity index (χ0v) is 24.2. The third-order valence-electron chi connectivity index (χ3n) is 6.82. The fourth-order valence-corrected chi connectivity index (χ4v) is 4.57. The topological polar surface area (TPSA) is 116 Å². The number of nitrogens with one attached hydrogen (secondary N) is 4. The van der Waals surface area contributed by atoms with Crippen LogP contribution in [0.1, 0.15) is 76.5 Å². The zero-order valence-electron chi connectivity index (χ0n) is 24.2. The molecular formula is C35H36N4O4. The highest BCUT2D eigenvalue weighted by molar-refractivity contribution is 6.16. The first kappa shape index (κ1) is 30.7. The smallest absolute Gasteiger partial charge is 0.257 e. The highest BCUT2D eigenvalue weighted by Gasteiger charge is 2.19. The van der Waals surface area contributed by atoms with E-state index in [0.29, 0.717) is 23.5 Å². The molecule has 4 rings (SSSR count). The van der Waals surface area contributed by atoms with Crippen molar-refractivity contribution in [3.8, 4) is 0 Å². The Balaban J connectivity index is 1.45. The zero-order chi connectivity index (χ0) is 30.4. The lowest BCUT2D eigenvalue weighted by Gasteiger charge is -2.15. The molecule has 0 fully saturated rings. The molecule has 0 heterocycles. The van der Waals surface area contributed by atoms with E-state index >= 15 is 0 Å². The quantitative estimate of drug-likeness (QED) is 0.122. The van der Waals surface area contributed by atoms with E-state index in [-0.39, 0.29) is 34.2 Å². The largest absolute Gasteiger partial charge is 0.325 e. The molecule has 0 unspecified atom stereocenters. The van der Waals surface area contributed by atoms with Crippen LogP contribution in [0.25, 0.3) is 0 Å². The summed E-state index contributed by atoms with van der Waals surface area (Å²) >= 11 is 0. The standard InChI is InChI=1S/C35H36N4O4/c1-2-3-4-5-9-24-32(40)37-29-21-13-10-18-26(29)34(42)39-31-23-15-12-20-28(31)35(43)38-30-22-14-11-19-27(30)33(41)36-25-16-7-6-8-17-25/h6-8,10-23H,2-5,9,24H2,1H3,(H,36,41)(H,37,40)(H,38,43)(H,39,42). The summed E-state index contributed by atoms with van der Waals surface area (Å²) in [6.07, 6.45) is 5.55. The van der Waals surface area contributed by atoms with E-state index in [9.17, 15) is 19.2 Å². The summed E-state index contributed by atoms with van der Waals surface area (Å²) in [7, 11) is 0. The maximum absolute atomic E-state index is 13.4. The number of anilines is 4. The summed E-state index contributed by atoms with van der Waals surface area (Å²) in [5.74, 6) is -1.49. The molecule has 4 aromatic rings. The molecule has 4 N–H and O–H groups in total. The molecule has 0 aromatic heterocycles. The summed E-state index contributed by atoms with van der Waals surface area (Å²) in [5.41, 5.74) is 2.42. The molecule has 0 radical (unpaired) electrons. The van der Waals surface area contributed by atoms with Gasteiger partial charge in [-0.15, -0.1) is 0 Å². The Bertz CT molecular complexity index is 1570. The SMILES string of the molecule is CCCCCCCC(=O)Nc1ccccc1C(=O)Nc1ccccc1C(=O)Nc1ccccc1C(=O)Nc1ccccc1. The second-order valence-corrected chi connectivity index (χ2v) is 10.1. The van der Waals surface area contributed by atoms with Crippen LogP contribution in [0.5, 0.6) is 0 Å². The summed E-state index contributed by atoms with van der Waals surface area (Å²) in [6, 6.07) is 29.1. The van der Waals surface area contributed by atoms with Gasteiger partial charge in [0.05, 0.1) is 33.8 Å². The molecule has 220 valence electrons. The van der Waals surface area contributed by atoms with Crippen LogP contribution in [-0.2, 0) is 4.79 Å². The van der Waals surface area contributed by atoms with Crippen molar-refractivity contribution in [1.29, 1.82) is 0 Å². The van der Waals surface area contributed by atoms with E-state index in [4.69, 9.17) is 0 Å². The third-order valence-corrected chi connectivity index (χ3v) is 6.82. The molecule has 43 heavy (non-hydrogen) atoms. The Labute approximate surface area is 251 Å². The van der Waals surface area contributed by atoms with Gasteiger partial charge in [0.2, 0.25) is 5.91 Å². The maximum Gasteiger partial charge on any atom is 0.257 e. The monoisotopic (exact) mass is 576 g/mol. The van der Waals surface area contributed by atoms with Crippen molar-refractivity contribution in [3.63, 3.8) is 0 Å². The molecule has 0 aliphatic heterocycles. The van der Waals surface area contributed by atoms with Gasteiger partial charge < -0.3 is 21.3 Å². The average molecular weight is 577 g/mol. The van der Waals surface area contributed by atoms with Crippen LogP contribution in [-0.4, -0.2) is 23.6 Å². The van der Waals surface area contributed by atoms with Crippen molar-refractivity contribution < 1.29 is 19.2 Å². The van der Waals surface area contributed by atoms with Gasteiger partial charge in [0, 0.05) is 12.1 Å². The molecular weight excluding hydrogens is 540 g/mol. The van der Waals surface area contributed by atoms with E-state index in [1.165, 1.54) is 0 Å². The van der Waals surface area contributed by atoms with E-state index in [2.05, 4.69) is 28.2 Å². The van der Waals surface area contributed by atoms with Gasteiger partial charge >= 0.3 is 0 Å². The number of rotatable bonds is 13. The molecule has 0 saturated carbocycles. The predicted molar refractivity (Wildman–Crippen MR) is 172 cm³/mol. The second-order valence-electron chi connectivity index (χ2n) is 10.1. The lowest BCUT2D eigenvalue weighted by molar-refractivity contribution is -0.116. The highest BCUT2D eigenvalue weighted by Crippen LogP contribution is 2.23. The first-order valence-corrected chi connectivity index (χ1v) is 14.5. The lowest BCUT2D eigenvalue weighted by Crippen LogP contribution is -2.21. The fourth-order valence-electron chi connectivity index (χ4n) is 4.57. The first-order chi connectivity index (χ1) is 21.0. The summed E-state index contributed by atoms with van der Waals surface area (Å²) in [6.45, 7) is 2.15. The minimum Gasteiger partial charge on any atom is -0.325 e. The van der Waals surface area contributed by atoms with Crippen molar-refractivity contribution in [3.05, 3.63) is 120 Å². The van der Waals surface area contributed by atoms with Gasteiger partial charge in [-0.2, -0.15) is 0 Å². The number of amides is 4. The van der Waals surface area contributed by atoms with Crippen LogP contribution >= 0.6 is 0 Å². The van der Waals surface area contributed by atoms with Gasteiger partial charge in [0.1, 0.15) is 0 Å². The van der Waals surface area contributed by atoms with Crippen molar-refractivity contribution in [2.45, 2.75) is 45.4 Å². The van der Waals surface area contributed by atoms with Gasteiger partial charge in [-0.25, -0.2) is 0 Å². The van der Waals surface area contributed by atoms with E-state index in [1.807, 2.05) is 18.2 Å². The molecule has 4 amide bonds. The summed E-state index contributed by atoms with van der Waals surface area (Å²) < 4.78 is 0. The molecule has 0 bridgehead atoms. The van der Waals surface area contributed by atoms with E-state index in [0.717, 1.165) is 32.1 Å². The molecule has 8 heteroatoms. The fraction of sp³-hybridized carbons (Fsp3) is 0.200. The third kappa shape index (κ3) is 8.87. The molecule has 0 spiro atoms. The predicted octanol–water partition coefficient (Wildman–Crippen LogP) is 7.74. The molecule has 4 aromatic carbocycles. The van der Waals surface area contributed by atoms with Crippen molar-refractivity contribution in [2.75, 3.05) is 21.3 Å². The number of benzene rings is 4. The average Bonchev–Trinajstić information content (AvgIpc) is 3.02. The summed E-state index contributed by atoms with van der Waals surface area (Å²) in [4.78, 5) is 52.3. The lowest BCUT2D eigenvalue weighted by atomic mass is 10.1. The number of unbranched alkanes of at least 4 members (excludes halogenated alkanes) is 4. The van der Waals surface area contributed by atoms with Gasteiger partial charge in [-0.05, 0) is 55.0 Å². The van der Waals surface area contributed by atoms with E-state index in [1.54, 1.807) is 84.9 Å². The number of hydrogen-bond acceptors (Lipinski definition) is 4. The van der Waals surface area contributed by atoms with Crippen LogP contribution in [0, 0.1) is 0 Å². The molecule has 0 atom stereocenters. The van der Waals surface area contributed by atoms with Crippen molar-refractivity contribution in [1.82, 2.24) is 0 Å². The number of carbonyl (C=O) groups excluding carboxylic acids is 4. The van der Waals surface area contributed by atoms with Gasteiger partial charge in [-0.3, -0.25) is 19.2 Å². The van der Waals surface area contributed by atoms with E-state index < -0.39 is 11.8 Å². The van der Waals surface area contributed by atoms with Crippen molar-refractivity contribution in [2.24, 2.45) is 0 Å². The molecule has 0 aliphatic rings. The molecule has 0 saturated heterocycles. The minimum absolute atomic E-state index is 0.147. The minimum atomic E-state index is -0.500. The number of hydrogen-bond donors (Lipinski definition) is 4. The summed E-state index contributed by atoms with van der Waals surface area (Å²) in [5, 5.41) is 11.3. The van der Waals surface area contributed by atoms with Crippen LogP contribution < -0.4 is 21.3 Å². The Morgan fingerprint density at radius 3 is 1.40 bits per heavy atom. The second kappa shape index (κ2) is 15.7. The van der Waals surface area contributed by atoms with Gasteiger partial charge in [-0.1, -0.05) is 87.2 Å². The van der Waals surface area contributed by atoms with Crippen LogP contribution in [0.4, 0.5) is 22.7 Å². The first-order valence-electron chi connectivity index (χ1n) is 14.5. The van der Waals surface area contributed by atoms with Gasteiger partial charge in [0.25, 0.3) is 17.7 Å². The molecule has 8 nitrogen and oxygen atoms in total.